The maximum atomic E-state index is 11.3. The predicted octanol–water partition coefficient (Wildman–Crippen LogP) is 3.73. The molecule has 1 heterocycles. The summed E-state index contributed by atoms with van der Waals surface area (Å²) >= 11 is 5.59. The summed E-state index contributed by atoms with van der Waals surface area (Å²) in [6, 6.07) is 17.2. The first-order chi connectivity index (χ1) is 16.1. The fraction of sp³-hybridized carbons (Fsp3) is 0.333. The van der Waals surface area contributed by atoms with Crippen molar-refractivity contribution >= 4 is 27.6 Å². The largest absolute Gasteiger partial charge is 0.491 e. The zero-order valence-electron chi connectivity index (χ0n) is 19.2. The second-order valence-electron chi connectivity index (χ2n) is 8.33. The quantitative estimate of drug-likeness (QED) is 0.382. The number of hydrogen-bond donors (Lipinski definition) is 2. The molecular formula is C24H28ClN3O5S. The highest BCUT2D eigenvalue weighted by Gasteiger charge is 2.23. The lowest BCUT2D eigenvalue weighted by Crippen LogP contribution is -2.20. The summed E-state index contributed by atoms with van der Waals surface area (Å²) in [5.74, 6) is 1.47. The number of benzene rings is 2. The van der Waals surface area contributed by atoms with Gasteiger partial charge in [0.2, 0.25) is 16.0 Å². The Hall–Kier alpha value is -2.88. The maximum Gasteiger partial charge on any atom is 0.236 e. The van der Waals surface area contributed by atoms with Crippen molar-refractivity contribution in [1.82, 2.24) is 9.97 Å². The molecule has 0 radical (unpaired) electrons. The first-order valence-corrected chi connectivity index (χ1v) is 13.0. The van der Waals surface area contributed by atoms with E-state index in [-0.39, 0.29) is 30.5 Å². The number of aliphatic hydroxyl groups is 1. The van der Waals surface area contributed by atoms with Gasteiger partial charge in [-0.1, -0.05) is 38.1 Å². The Bertz CT molecular complexity index is 1190. The third-order valence-electron chi connectivity index (χ3n) is 5.15. The van der Waals surface area contributed by atoms with Gasteiger partial charge in [-0.15, -0.1) is 11.6 Å². The van der Waals surface area contributed by atoms with Crippen LogP contribution in [-0.4, -0.2) is 48.3 Å². The summed E-state index contributed by atoms with van der Waals surface area (Å²) in [5.41, 5.74) is 2.50. The molecule has 0 saturated carbocycles. The van der Waals surface area contributed by atoms with Crippen LogP contribution in [0.4, 0.5) is 5.95 Å². The third-order valence-corrected chi connectivity index (χ3v) is 6.06. The topological polar surface area (TPSA) is 111 Å². The Labute approximate surface area is 205 Å². The summed E-state index contributed by atoms with van der Waals surface area (Å²) in [5, 5.41) is 9.53. The van der Waals surface area contributed by atoms with Gasteiger partial charge < -0.3 is 14.6 Å². The molecule has 34 heavy (non-hydrogen) atoms. The molecule has 3 aromatic rings. The molecule has 0 fully saturated rings. The van der Waals surface area contributed by atoms with Crippen LogP contribution in [-0.2, 0) is 22.0 Å². The van der Waals surface area contributed by atoms with E-state index in [0.29, 0.717) is 17.2 Å². The van der Waals surface area contributed by atoms with E-state index in [1.54, 1.807) is 6.07 Å². The maximum absolute atomic E-state index is 11.3. The zero-order chi connectivity index (χ0) is 24.8. The minimum Gasteiger partial charge on any atom is -0.491 e. The second kappa shape index (κ2) is 11.0. The number of ether oxygens (including phenoxy) is 2. The second-order valence-corrected chi connectivity index (χ2v) is 10.4. The van der Waals surface area contributed by atoms with E-state index in [4.69, 9.17) is 21.1 Å². The van der Waals surface area contributed by atoms with Gasteiger partial charge in [0, 0.05) is 11.6 Å². The molecule has 2 aromatic carbocycles. The molecule has 1 atom stereocenters. The summed E-state index contributed by atoms with van der Waals surface area (Å²) < 4.78 is 36.3. The minimum absolute atomic E-state index is 0.00680. The zero-order valence-corrected chi connectivity index (χ0v) is 20.8. The molecule has 1 aromatic heterocycles. The number of aromatic nitrogens is 2. The summed E-state index contributed by atoms with van der Waals surface area (Å²) in [7, 11) is -3.45. The average Bonchev–Trinajstić information content (AvgIpc) is 2.81. The molecule has 8 nitrogen and oxygen atoms in total. The van der Waals surface area contributed by atoms with Gasteiger partial charge in [0.25, 0.3) is 0 Å². The van der Waals surface area contributed by atoms with Crippen LogP contribution in [0.3, 0.4) is 0 Å². The summed E-state index contributed by atoms with van der Waals surface area (Å²) in [6.45, 7) is 4.59. The van der Waals surface area contributed by atoms with Crippen molar-refractivity contribution in [3.05, 3.63) is 77.6 Å². The standard InChI is InChI=1S/C24H28ClN3O5S/c1-24(2,18-6-10-22(11-7-18)33-16-20(29)14-25)17-4-8-21(9-5-17)32-15-19-12-13-26-23(27-19)28-34(3,30)31/h4-13,20,29H,14-16H2,1-3H3,(H,26,27,28). The van der Waals surface area contributed by atoms with Gasteiger partial charge in [-0.3, -0.25) is 4.72 Å². The van der Waals surface area contributed by atoms with Gasteiger partial charge in [-0.25, -0.2) is 18.4 Å². The minimum atomic E-state index is -3.45. The van der Waals surface area contributed by atoms with Gasteiger partial charge in [0.15, 0.2) is 0 Å². The monoisotopic (exact) mass is 505 g/mol. The van der Waals surface area contributed by atoms with Crippen molar-refractivity contribution in [1.29, 1.82) is 0 Å². The van der Waals surface area contributed by atoms with Crippen LogP contribution in [0.2, 0.25) is 0 Å². The number of anilines is 1. The van der Waals surface area contributed by atoms with Crippen LogP contribution < -0.4 is 14.2 Å². The summed E-state index contributed by atoms with van der Waals surface area (Å²) in [4.78, 5) is 8.04. The third kappa shape index (κ3) is 7.31. The molecule has 0 aliphatic carbocycles. The van der Waals surface area contributed by atoms with Gasteiger partial charge in [0.05, 0.1) is 17.8 Å². The van der Waals surface area contributed by atoms with Crippen molar-refractivity contribution in [2.75, 3.05) is 23.5 Å². The first-order valence-electron chi connectivity index (χ1n) is 10.6. The lowest BCUT2D eigenvalue weighted by atomic mass is 9.78. The normalized spacial score (nSPS) is 12.7. The Morgan fingerprint density at radius 3 is 2.09 bits per heavy atom. The molecule has 10 heteroatoms. The molecule has 0 aliphatic rings. The van der Waals surface area contributed by atoms with Crippen molar-refractivity contribution in [3.8, 4) is 11.5 Å². The van der Waals surface area contributed by atoms with Gasteiger partial charge in [0.1, 0.15) is 30.8 Å². The number of nitrogens with zero attached hydrogens (tertiary/aromatic N) is 2. The number of alkyl halides is 1. The molecule has 0 spiro atoms. The van der Waals surface area contributed by atoms with Crippen LogP contribution >= 0.6 is 11.6 Å². The molecule has 2 N–H and O–H groups in total. The van der Waals surface area contributed by atoms with E-state index in [1.807, 2.05) is 48.5 Å². The van der Waals surface area contributed by atoms with E-state index < -0.39 is 16.1 Å². The van der Waals surface area contributed by atoms with E-state index in [1.165, 1.54) is 6.20 Å². The van der Waals surface area contributed by atoms with Crippen molar-refractivity contribution in [2.24, 2.45) is 0 Å². The fourth-order valence-corrected chi connectivity index (χ4v) is 3.71. The highest BCUT2D eigenvalue weighted by molar-refractivity contribution is 7.91. The van der Waals surface area contributed by atoms with Gasteiger partial charge in [-0.2, -0.15) is 0 Å². The van der Waals surface area contributed by atoms with Crippen molar-refractivity contribution in [2.45, 2.75) is 32.0 Å². The Balaban J connectivity index is 1.62. The molecule has 182 valence electrons. The Morgan fingerprint density at radius 2 is 1.56 bits per heavy atom. The highest BCUT2D eigenvalue weighted by atomic mass is 35.5. The predicted molar refractivity (Wildman–Crippen MR) is 132 cm³/mol. The lowest BCUT2D eigenvalue weighted by Gasteiger charge is -2.26. The van der Waals surface area contributed by atoms with Crippen LogP contribution in [0.5, 0.6) is 11.5 Å². The van der Waals surface area contributed by atoms with E-state index in [2.05, 4.69) is 28.5 Å². The van der Waals surface area contributed by atoms with Crippen LogP contribution in [0, 0.1) is 0 Å². The first kappa shape index (κ1) is 25.7. The number of nitrogens with one attached hydrogen (secondary N) is 1. The van der Waals surface area contributed by atoms with Gasteiger partial charge in [-0.05, 0) is 41.5 Å². The molecule has 3 rings (SSSR count). The molecule has 0 saturated heterocycles. The van der Waals surface area contributed by atoms with Crippen molar-refractivity contribution in [3.63, 3.8) is 0 Å². The Morgan fingerprint density at radius 1 is 1.00 bits per heavy atom. The number of rotatable bonds is 11. The van der Waals surface area contributed by atoms with E-state index in [9.17, 15) is 13.5 Å². The van der Waals surface area contributed by atoms with Crippen LogP contribution in [0.25, 0.3) is 0 Å². The number of sulfonamides is 1. The number of halogens is 1. The molecule has 0 aliphatic heterocycles. The number of aliphatic hydroxyl groups excluding tert-OH is 1. The lowest BCUT2D eigenvalue weighted by molar-refractivity contribution is 0.125. The summed E-state index contributed by atoms with van der Waals surface area (Å²) in [6.07, 6.45) is 1.82. The molecule has 1 unspecified atom stereocenters. The molecular weight excluding hydrogens is 478 g/mol. The van der Waals surface area contributed by atoms with Crippen LogP contribution in [0.1, 0.15) is 30.7 Å². The highest BCUT2D eigenvalue weighted by Crippen LogP contribution is 2.33. The Kier molecular flexibility index (Phi) is 8.35. The SMILES string of the molecule is CC(C)(c1ccc(OCc2ccnc(NS(C)(=O)=O)n2)cc1)c1ccc(OCC(O)CCl)cc1. The van der Waals surface area contributed by atoms with Crippen molar-refractivity contribution < 1.29 is 23.0 Å². The van der Waals surface area contributed by atoms with Crippen LogP contribution in [0.15, 0.2) is 60.8 Å². The van der Waals surface area contributed by atoms with E-state index >= 15 is 0 Å². The molecule has 0 bridgehead atoms. The molecule has 0 amide bonds. The van der Waals surface area contributed by atoms with Gasteiger partial charge >= 0.3 is 0 Å². The average molecular weight is 506 g/mol. The fourth-order valence-electron chi connectivity index (χ4n) is 3.19. The number of hydrogen-bond acceptors (Lipinski definition) is 7. The van der Waals surface area contributed by atoms with E-state index in [0.717, 1.165) is 17.4 Å². The smallest absolute Gasteiger partial charge is 0.236 e.